The first-order valence-corrected chi connectivity index (χ1v) is 11.0. The number of nitrogens with one attached hydrogen (secondary N) is 1. The van der Waals surface area contributed by atoms with Crippen molar-refractivity contribution in [2.75, 3.05) is 18.2 Å². The number of aromatic nitrogens is 3. The number of rotatable bonds is 8. The molecule has 0 unspecified atom stereocenters. The molecule has 2 aromatic heterocycles. The Labute approximate surface area is 186 Å². The third-order valence-corrected chi connectivity index (χ3v) is 6.35. The van der Waals surface area contributed by atoms with E-state index in [9.17, 15) is 9.59 Å². The summed E-state index contributed by atoms with van der Waals surface area (Å²) in [6.07, 6.45) is 0. The Morgan fingerprint density at radius 3 is 2.83 bits per heavy atom. The lowest BCUT2D eigenvalue weighted by atomic mass is 10.2. The maximum absolute atomic E-state index is 12.3. The number of thioether (sulfide) groups is 1. The van der Waals surface area contributed by atoms with Gasteiger partial charge in [-0.15, -0.1) is 21.5 Å². The summed E-state index contributed by atoms with van der Waals surface area (Å²) in [5, 5.41) is 14.4. The molecule has 1 N–H and O–H groups in total. The zero-order valence-electron chi connectivity index (χ0n) is 16.5. The van der Waals surface area contributed by atoms with Gasteiger partial charge in [0.15, 0.2) is 11.0 Å². The predicted octanol–water partition coefficient (Wildman–Crippen LogP) is 3.93. The maximum Gasteiger partial charge on any atom is 0.340 e. The van der Waals surface area contributed by atoms with Gasteiger partial charge in [0.1, 0.15) is 17.4 Å². The van der Waals surface area contributed by atoms with Crippen LogP contribution in [0.25, 0.3) is 0 Å². The van der Waals surface area contributed by atoms with Gasteiger partial charge in [0.25, 0.3) is 0 Å². The molecule has 0 fully saturated rings. The number of hydrogen-bond acceptors (Lipinski definition) is 8. The number of esters is 1. The van der Waals surface area contributed by atoms with Crippen LogP contribution in [0.15, 0.2) is 34.8 Å². The minimum Gasteiger partial charge on any atom is -0.486 e. The number of halogens is 1. The normalized spacial score (nSPS) is 10.7. The van der Waals surface area contributed by atoms with Gasteiger partial charge in [0, 0.05) is 12.1 Å². The lowest BCUT2D eigenvalue weighted by Gasteiger charge is -2.08. The van der Waals surface area contributed by atoms with Gasteiger partial charge < -0.3 is 19.4 Å². The lowest BCUT2D eigenvalue weighted by Crippen LogP contribution is -2.16. The van der Waals surface area contributed by atoms with E-state index in [1.54, 1.807) is 35.2 Å². The van der Waals surface area contributed by atoms with Gasteiger partial charge in [-0.05, 0) is 42.1 Å². The van der Waals surface area contributed by atoms with Crippen molar-refractivity contribution in [3.63, 3.8) is 0 Å². The third kappa shape index (κ3) is 5.32. The molecule has 0 saturated heterocycles. The van der Waals surface area contributed by atoms with Crippen LogP contribution in [0.4, 0.5) is 5.00 Å². The van der Waals surface area contributed by atoms with Crippen LogP contribution in [-0.2, 0) is 23.2 Å². The smallest absolute Gasteiger partial charge is 0.340 e. The number of benzene rings is 1. The van der Waals surface area contributed by atoms with Gasteiger partial charge in [-0.1, -0.05) is 23.4 Å². The van der Waals surface area contributed by atoms with Crippen molar-refractivity contribution in [2.45, 2.75) is 18.7 Å². The molecule has 3 aromatic rings. The molecule has 30 heavy (non-hydrogen) atoms. The summed E-state index contributed by atoms with van der Waals surface area (Å²) in [7, 11) is 3.10. The Morgan fingerprint density at radius 1 is 1.30 bits per heavy atom. The fourth-order valence-corrected chi connectivity index (χ4v) is 4.06. The highest BCUT2D eigenvalue weighted by Crippen LogP contribution is 2.25. The van der Waals surface area contributed by atoms with Crippen molar-refractivity contribution in [1.29, 1.82) is 0 Å². The molecule has 8 nitrogen and oxygen atoms in total. The lowest BCUT2D eigenvalue weighted by molar-refractivity contribution is -0.113. The fraction of sp³-hybridized carbons (Fsp3) is 0.263. The molecule has 3 rings (SSSR count). The Kier molecular flexibility index (Phi) is 7.35. The van der Waals surface area contributed by atoms with E-state index in [-0.39, 0.29) is 18.3 Å². The van der Waals surface area contributed by atoms with Gasteiger partial charge in [0.05, 0.1) is 18.4 Å². The minimum atomic E-state index is -0.493. The quantitative estimate of drug-likeness (QED) is 0.397. The van der Waals surface area contributed by atoms with E-state index >= 15 is 0 Å². The molecule has 0 atom stereocenters. The van der Waals surface area contributed by atoms with Gasteiger partial charge in [0.2, 0.25) is 5.91 Å². The number of thiophene rings is 1. The topological polar surface area (TPSA) is 95.3 Å². The van der Waals surface area contributed by atoms with Crippen LogP contribution in [-0.4, -0.2) is 39.5 Å². The summed E-state index contributed by atoms with van der Waals surface area (Å²) in [6, 6.07) is 7.03. The Balaban J connectivity index is 1.54. The number of carbonyl (C=O) groups is 2. The first-order chi connectivity index (χ1) is 14.4. The average molecular weight is 467 g/mol. The molecule has 0 aliphatic heterocycles. The van der Waals surface area contributed by atoms with Crippen LogP contribution in [0.1, 0.15) is 21.7 Å². The molecule has 1 amide bonds. The second-order valence-electron chi connectivity index (χ2n) is 6.15. The molecule has 11 heteroatoms. The van der Waals surface area contributed by atoms with Crippen molar-refractivity contribution in [2.24, 2.45) is 7.05 Å². The predicted molar refractivity (Wildman–Crippen MR) is 117 cm³/mol. The van der Waals surface area contributed by atoms with E-state index in [4.69, 9.17) is 21.1 Å². The molecule has 0 aliphatic carbocycles. The van der Waals surface area contributed by atoms with Crippen molar-refractivity contribution >= 4 is 51.6 Å². The number of ether oxygens (including phenoxy) is 2. The second-order valence-corrected chi connectivity index (χ2v) is 8.42. The number of aryl methyl sites for hydroxylation is 1. The largest absolute Gasteiger partial charge is 0.486 e. The van der Waals surface area contributed by atoms with E-state index in [1.165, 1.54) is 30.2 Å². The highest BCUT2D eigenvalue weighted by Gasteiger charge is 2.17. The first kappa shape index (κ1) is 22.1. The molecular weight excluding hydrogens is 448 g/mol. The SMILES string of the molecule is COC(=O)c1ccsc1NC(=O)CSc1nnc(COc2ccc(Cl)c(C)c2)n1C. The summed E-state index contributed by atoms with van der Waals surface area (Å²) in [4.78, 5) is 24.0. The van der Waals surface area contributed by atoms with E-state index in [0.717, 1.165) is 5.56 Å². The standard InChI is InChI=1S/C19H19ClN4O4S2/c1-11-8-12(4-5-14(11)20)28-9-15-22-23-19(24(15)2)30-10-16(25)21-17-13(6-7-29-17)18(26)27-3/h4-8H,9-10H2,1-3H3,(H,21,25). The number of amides is 1. The second kappa shape index (κ2) is 9.96. The number of nitrogens with zero attached hydrogens (tertiary/aromatic N) is 3. The molecule has 0 spiro atoms. The molecule has 0 saturated carbocycles. The Hall–Kier alpha value is -2.56. The summed E-state index contributed by atoms with van der Waals surface area (Å²) in [5.41, 5.74) is 1.26. The number of carbonyl (C=O) groups excluding carboxylic acids is 2. The van der Waals surface area contributed by atoms with Crippen molar-refractivity contribution in [1.82, 2.24) is 14.8 Å². The molecule has 0 aliphatic rings. The van der Waals surface area contributed by atoms with E-state index < -0.39 is 5.97 Å². The number of hydrogen-bond donors (Lipinski definition) is 1. The van der Waals surface area contributed by atoms with Crippen molar-refractivity contribution in [3.05, 3.63) is 51.6 Å². The number of anilines is 1. The monoisotopic (exact) mass is 466 g/mol. The van der Waals surface area contributed by atoms with Crippen LogP contribution in [0, 0.1) is 6.92 Å². The third-order valence-electron chi connectivity index (χ3n) is 4.08. The zero-order valence-corrected chi connectivity index (χ0v) is 18.9. The Morgan fingerprint density at radius 2 is 2.10 bits per heavy atom. The van der Waals surface area contributed by atoms with Crippen LogP contribution in [0.3, 0.4) is 0 Å². The first-order valence-electron chi connectivity index (χ1n) is 8.74. The molecule has 158 valence electrons. The van der Waals surface area contributed by atoms with E-state index in [1.807, 2.05) is 13.0 Å². The van der Waals surface area contributed by atoms with E-state index in [2.05, 4.69) is 15.5 Å². The fourth-order valence-electron chi connectivity index (χ4n) is 2.42. The molecular formula is C19H19ClN4O4S2. The van der Waals surface area contributed by atoms with Gasteiger partial charge in [-0.2, -0.15) is 0 Å². The van der Waals surface area contributed by atoms with Crippen LogP contribution in [0.5, 0.6) is 5.75 Å². The molecule has 0 radical (unpaired) electrons. The van der Waals surface area contributed by atoms with Gasteiger partial charge in [-0.3, -0.25) is 4.79 Å². The molecule has 0 bridgehead atoms. The number of methoxy groups -OCH3 is 1. The Bertz CT molecular complexity index is 1070. The highest BCUT2D eigenvalue weighted by molar-refractivity contribution is 7.99. The summed E-state index contributed by atoms with van der Waals surface area (Å²) >= 11 is 8.52. The maximum atomic E-state index is 12.3. The summed E-state index contributed by atoms with van der Waals surface area (Å²) in [5.74, 6) is 0.669. The van der Waals surface area contributed by atoms with Crippen molar-refractivity contribution in [3.8, 4) is 5.75 Å². The van der Waals surface area contributed by atoms with E-state index in [0.29, 0.717) is 32.3 Å². The summed E-state index contributed by atoms with van der Waals surface area (Å²) in [6.45, 7) is 2.14. The van der Waals surface area contributed by atoms with Gasteiger partial charge >= 0.3 is 5.97 Å². The summed E-state index contributed by atoms with van der Waals surface area (Å²) < 4.78 is 12.2. The highest BCUT2D eigenvalue weighted by atomic mass is 35.5. The van der Waals surface area contributed by atoms with Gasteiger partial charge in [-0.25, -0.2) is 4.79 Å². The van der Waals surface area contributed by atoms with Crippen LogP contribution >= 0.6 is 34.7 Å². The minimum absolute atomic E-state index is 0.113. The van der Waals surface area contributed by atoms with Crippen LogP contribution < -0.4 is 10.1 Å². The zero-order chi connectivity index (χ0) is 21.7. The van der Waals surface area contributed by atoms with Crippen LogP contribution in [0.2, 0.25) is 5.02 Å². The molecule has 1 aromatic carbocycles. The van der Waals surface area contributed by atoms with Crippen molar-refractivity contribution < 1.29 is 19.1 Å². The average Bonchev–Trinajstić information content (AvgIpc) is 3.33. The molecule has 2 heterocycles.